The number of carbonyl (C=O) groups excluding carboxylic acids is 5. The lowest BCUT2D eigenvalue weighted by Gasteiger charge is -2.20. The Morgan fingerprint density at radius 2 is 1.61 bits per heavy atom. The number of hydrogen-bond acceptors (Lipinski definition) is 8. The fraction of sp³-hybridized carbons (Fsp3) is 0.588. The molecule has 0 aromatic rings. The third kappa shape index (κ3) is 13.3. The van der Waals surface area contributed by atoms with Gasteiger partial charge in [0.05, 0.1) is 32.7 Å². The normalized spacial score (nSPS) is 12.9. The van der Waals surface area contributed by atoms with Gasteiger partial charge >= 0.3 is 11.9 Å². The smallest absolute Gasteiger partial charge is 0.338 e. The predicted molar refractivity (Wildman–Crippen MR) is 112 cm³/mol. The monoisotopic (exact) mass is 475 g/mol. The van der Waals surface area contributed by atoms with Gasteiger partial charge in [0.15, 0.2) is 0 Å². The van der Waals surface area contributed by atoms with Crippen LogP contribution < -0.4 is 43.5 Å². The van der Waals surface area contributed by atoms with Gasteiger partial charge in [-0.05, 0) is 12.8 Å². The van der Waals surface area contributed by atoms with E-state index in [-0.39, 0.29) is 25.2 Å². The summed E-state index contributed by atoms with van der Waals surface area (Å²) in [4.78, 5) is 72.5. The zero-order chi connectivity index (χ0) is 25.4. The standard InChI is InChI=1S/C17H30N8O8/c18-5-12(28)24-10(2-1-3-21-17(19)20)15(32)22-6-13(29)25-11(4-14(30)31)16(33)23-9(7-26)8-27/h7,9-11,27H,1-6,8,18H2,(H,22,32)(H,23,33)(H,24,28)(H,25,29)(H,30,31)(H4,19,20,21)/p+1/t9-,10+,11+/m1/s1. The fourth-order valence-electron chi connectivity index (χ4n) is 2.39. The van der Waals surface area contributed by atoms with E-state index >= 15 is 0 Å². The minimum atomic E-state index is -1.57. The topological polar surface area (TPSA) is 283 Å². The summed E-state index contributed by atoms with van der Waals surface area (Å²) in [6, 6.07) is -3.89. The van der Waals surface area contributed by atoms with Crippen LogP contribution in [0.25, 0.3) is 0 Å². The molecule has 0 aliphatic carbocycles. The highest BCUT2D eigenvalue weighted by molar-refractivity contribution is 5.94. The van der Waals surface area contributed by atoms with E-state index in [1.54, 1.807) is 0 Å². The second-order valence-corrected chi connectivity index (χ2v) is 6.72. The van der Waals surface area contributed by atoms with E-state index in [0.717, 1.165) is 0 Å². The van der Waals surface area contributed by atoms with Crippen molar-refractivity contribution in [2.24, 2.45) is 17.2 Å². The first-order valence-corrected chi connectivity index (χ1v) is 9.80. The Balaban J connectivity index is 4.97. The molecule has 16 heteroatoms. The molecule has 33 heavy (non-hydrogen) atoms. The maximum absolute atomic E-state index is 12.4. The number of aliphatic hydroxyl groups is 1. The predicted octanol–water partition coefficient (Wildman–Crippen LogP) is -7.68. The maximum atomic E-state index is 12.4. The van der Waals surface area contributed by atoms with Gasteiger partial charge in [-0.1, -0.05) is 0 Å². The number of hydrogen-bond donors (Lipinski definition) is 10. The molecule has 3 atom stereocenters. The molecule has 0 saturated carbocycles. The van der Waals surface area contributed by atoms with Crippen molar-refractivity contribution in [2.75, 3.05) is 26.2 Å². The number of carbonyl (C=O) groups is 6. The van der Waals surface area contributed by atoms with Crippen molar-refractivity contribution in [1.29, 1.82) is 0 Å². The molecule has 186 valence electrons. The molecule has 0 rings (SSSR count). The molecule has 4 amide bonds. The van der Waals surface area contributed by atoms with Crippen LogP contribution in [0.5, 0.6) is 0 Å². The largest absolute Gasteiger partial charge is 0.481 e. The van der Waals surface area contributed by atoms with Crippen molar-refractivity contribution in [3.05, 3.63) is 0 Å². The number of rotatable bonds is 16. The van der Waals surface area contributed by atoms with Crippen LogP contribution in [0.4, 0.5) is 0 Å². The van der Waals surface area contributed by atoms with Crippen molar-refractivity contribution < 1.29 is 44.0 Å². The van der Waals surface area contributed by atoms with Gasteiger partial charge in [-0.15, -0.1) is 0 Å². The minimum Gasteiger partial charge on any atom is -0.481 e. The second kappa shape index (κ2) is 15.9. The SMILES string of the molecule is NCC(=O)N[C@@H](CCC[NH+]=C(N)N)C(=O)NCC(=O)N[C@@H](CC(=O)O)C(=O)N[C@H](C=O)CO. The Bertz CT molecular complexity index is 741. The average molecular weight is 475 g/mol. The summed E-state index contributed by atoms with van der Waals surface area (Å²) in [5.41, 5.74) is 15.8. The zero-order valence-electron chi connectivity index (χ0n) is 17.8. The van der Waals surface area contributed by atoms with E-state index in [0.29, 0.717) is 13.0 Å². The third-order valence-corrected chi connectivity index (χ3v) is 3.98. The van der Waals surface area contributed by atoms with Crippen LogP contribution in [-0.2, 0) is 28.8 Å². The lowest BCUT2D eigenvalue weighted by atomic mass is 10.1. The number of aldehydes is 1. The summed E-state index contributed by atoms with van der Waals surface area (Å²) in [7, 11) is 0. The molecular weight excluding hydrogens is 444 g/mol. The summed E-state index contributed by atoms with van der Waals surface area (Å²) in [5, 5.41) is 26.7. The maximum Gasteiger partial charge on any atom is 0.338 e. The summed E-state index contributed by atoms with van der Waals surface area (Å²) < 4.78 is 0. The van der Waals surface area contributed by atoms with Crippen LogP contribution in [0.3, 0.4) is 0 Å². The van der Waals surface area contributed by atoms with Gasteiger partial charge in [0.2, 0.25) is 23.6 Å². The van der Waals surface area contributed by atoms with Crippen molar-refractivity contribution in [2.45, 2.75) is 37.4 Å². The van der Waals surface area contributed by atoms with Crippen LogP contribution >= 0.6 is 0 Å². The number of guanidine groups is 1. The number of aliphatic hydroxyl groups excluding tert-OH is 1. The van der Waals surface area contributed by atoms with Crippen LogP contribution in [-0.4, -0.2) is 96.4 Å². The molecule has 0 saturated heterocycles. The molecule has 0 bridgehead atoms. The van der Waals surface area contributed by atoms with E-state index in [9.17, 15) is 28.8 Å². The highest BCUT2D eigenvalue weighted by Crippen LogP contribution is 1.97. The molecule has 0 aromatic heterocycles. The Hall–Kier alpha value is -3.79. The zero-order valence-corrected chi connectivity index (χ0v) is 17.8. The molecular formula is C17H31N8O8+. The average Bonchev–Trinajstić information content (AvgIpc) is 2.76. The van der Waals surface area contributed by atoms with Gasteiger partial charge in [0.1, 0.15) is 24.4 Å². The van der Waals surface area contributed by atoms with Crippen LogP contribution in [0, 0.1) is 0 Å². The molecule has 0 heterocycles. The Kier molecular flexibility index (Phi) is 14.1. The lowest BCUT2D eigenvalue weighted by molar-refractivity contribution is -0.459. The quantitative estimate of drug-likeness (QED) is 0.0433. The molecule has 16 nitrogen and oxygen atoms in total. The summed E-state index contributed by atoms with van der Waals surface area (Å²) in [6.45, 7) is -1.42. The van der Waals surface area contributed by atoms with E-state index in [1.165, 1.54) is 0 Å². The number of aliphatic carboxylic acids is 1. The molecule has 13 N–H and O–H groups in total. The molecule has 0 aliphatic rings. The van der Waals surface area contributed by atoms with E-state index in [2.05, 4.69) is 26.3 Å². The highest BCUT2D eigenvalue weighted by atomic mass is 16.4. The van der Waals surface area contributed by atoms with Crippen molar-refractivity contribution >= 4 is 41.8 Å². The van der Waals surface area contributed by atoms with Gasteiger partial charge in [-0.2, -0.15) is 0 Å². The molecule has 0 aromatic carbocycles. The molecule has 0 spiro atoms. The number of carboxylic acid groups (broad SMARTS) is 1. The first-order chi connectivity index (χ1) is 15.5. The number of carboxylic acids is 1. The Morgan fingerprint density at radius 1 is 0.970 bits per heavy atom. The molecule has 0 fully saturated rings. The fourth-order valence-corrected chi connectivity index (χ4v) is 2.39. The Labute approximate surface area is 188 Å². The number of nitrogens with one attached hydrogen (secondary N) is 5. The van der Waals surface area contributed by atoms with Crippen LogP contribution in [0.15, 0.2) is 0 Å². The Morgan fingerprint density at radius 3 is 2.12 bits per heavy atom. The van der Waals surface area contributed by atoms with Gasteiger partial charge in [0.25, 0.3) is 0 Å². The third-order valence-electron chi connectivity index (χ3n) is 3.98. The lowest BCUT2D eigenvalue weighted by Crippen LogP contribution is -2.78. The van der Waals surface area contributed by atoms with Gasteiger partial charge in [-0.25, -0.2) is 0 Å². The first kappa shape index (κ1) is 29.2. The van der Waals surface area contributed by atoms with Crippen LogP contribution in [0.2, 0.25) is 0 Å². The summed E-state index contributed by atoms with van der Waals surface area (Å²) in [5.74, 6) is -4.69. The van der Waals surface area contributed by atoms with Crippen molar-refractivity contribution in [3.63, 3.8) is 0 Å². The van der Waals surface area contributed by atoms with E-state index in [4.69, 9.17) is 27.4 Å². The van der Waals surface area contributed by atoms with Crippen molar-refractivity contribution in [3.8, 4) is 0 Å². The van der Waals surface area contributed by atoms with Crippen molar-refractivity contribution in [1.82, 2.24) is 21.3 Å². The van der Waals surface area contributed by atoms with Gasteiger partial charge < -0.3 is 42.0 Å². The van der Waals surface area contributed by atoms with E-state index < -0.39 is 67.3 Å². The summed E-state index contributed by atoms with van der Waals surface area (Å²) >= 11 is 0. The number of nitrogens with two attached hydrogens (primary N) is 3. The highest BCUT2D eigenvalue weighted by Gasteiger charge is 2.26. The van der Waals surface area contributed by atoms with E-state index in [1.807, 2.05) is 0 Å². The molecule has 0 radical (unpaired) electrons. The second-order valence-electron chi connectivity index (χ2n) is 6.72. The van der Waals surface area contributed by atoms with Gasteiger partial charge in [0, 0.05) is 0 Å². The summed E-state index contributed by atoms with van der Waals surface area (Å²) in [6.07, 6.45) is -0.0522. The molecule has 0 unspecified atom stereocenters. The first-order valence-electron chi connectivity index (χ1n) is 9.80. The number of amides is 4. The minimum absolute atomic E-state index is 0.0166. The van der Waals surface area contributed by atoms with Gasteiger partial charge in [-0.3, -0.25) is 40.4 Å². The molecule has 0 aliphatic heterocycles. The van der Waals surface area contributed by atoms with Crippen LogP contribution in [0.1, 0.15) is 19.3 Å².